The molecular weight excluding hydrogens is 438 g/mol. The molecule has 0 saturated carbocycles. The number of aromatic nitrogens is 2. The highest BCUT2D eigenvalue weighted by atomic mass is 16.6. The molecule has 0 saturated heterocycles. The molecule has 35 heavy (non-hydrogen) atoms. The van der Waals surface area contributed by atoms with Gasteiger partial charge in [-0.15, -0.1) is 0 Å². The number of carbonyl (C=O) groups excluding carboxylic acids is 1. The smallest absolute Gasteiger partial charge is 0.407 e. The Morgan fingerprint density at radius 1 is 0.914 bits per heavy atom. The van der Waals surface area contributed by atoms with Crippen LogP contribution in [0.2, 0.25) is 0 Å². The Hall–Kier alpha value is -2.37. The molecule has 2 rings (SSSR count). The largest absolute Gasteiger partial charge is 0.444 e. The van der Waals surface area contributed by atoms with Crippen molar-refractivity contribution in [3.63, 3.8) is 0 Å². The Balaban J connectivity index is 1.83. The van der Waals surface area contributed by atoms with Gasteiger partial charge in [0, 0.05) is 19.5 Å². The first-order chi connectivity index (χ1) is 16.8. The number of nitrogens with one attached hydrogen (secondary N) is 1. The van der Waals surface area contributed by atoms with Gasteiger partial charge in [0.05, 0.1) is 10.9 Å². The van der Waals surface area contributed by atoms with Crippen molar-refractivity contribution < 1.29 is 9.53 Å². The van der Waals surface area contributed by atoms with E-state index in [1.165, 1.54) is 64.2 Å². The fourth-order valence-corrected chi connectivity index (χ4v) is 4.32. The molecule has 0 aliphatic rings. The molecule has 0 aliphatic heterocycles. The number of unbranched alkanes of at least 4 members (excludes halogenated alkanes) is 10. The normalized spacial score (nSPS) is 11.7. The van der Waals surface area contributed by atoms with E-state index in [0.29, 0.717) is 24.9 Å². The molecule has 1 amide bonds. The Morgan fingerprint density at radius 3 is 2.14 bits per heavy atom. The second-order valence-corrected chi connectivity index (χ2v) is 10.6. The summed E-state index contributed by atoms with van der Waals surface area (Å²) in [6.07, 6.45) is 15.3. The number of alkyl carbamates (subject to hydrolysis) is 1. The van der Waals surface area contributed by atoms with Crippen LogP contribution in [0.4, 0.5) is 4.79 Å². The summed E-state index contributed by atoms with van der Waals surface area (Å²) < 4.78 is 7.09. The lowest BCUT2D eigenvalue weighted by Crippen LogP contribution is -2.34. The van der Waals surface area contributed by atoms with Gasteiger partial charge in [-0.05, 0) is 45.7 Å². The number of rotatable bonds is 16. The van der Waals surface area contributed by atoms with Crippen molar-refractivity contribution in [1.82, 2.24) is 14.9 Å². The molecule has 0 atom stereocenters. The molecule has 0 spiro atoms. The van der Waals surface area contributed by atoms with Crippen LogP contribution in [0.5, 0.6) is 0 Å². The zero-order chi connectivity index (χ0) is 25.5. The summed E-state index contributed by atoms with van der Waals surface area (Å²) in [4.78, 5) is 29.9. The summed E-state index contributed by atoms with van der Waals surface area (Å²) in [5.74, 6) is 0.849. The lowest BCUT2D eigenvalue weighted by Gasteiger charge is -2.19. The zero-order valence-electron chi connectivity index (χ0n) is 22.5. The lowest BCUT2D eigenvalue weighted by molar-refractivity contribution is 0.0526. The second-order valence-electron chi connectivity index (χ2n) is 10.6. The number of hydrogen-bond acceptors (Lipinski definition) is 4. The maximum absolute atomic E-state index is 13.2. The average Bonchev–Trinajstić information content (AvgIpc) is 2.80. The molecule has 1 aromatic heterocycles. The number of para-hydroxylation sites is 1. The molecule has 0 aliphatic carbocycles. The number of benzene rings is 1. The monoisotopic (exact) mass is 485 g/mol. The van der Waals surface area contributed by atoms with Crippen LogP contribution in [0, 0.1) is 0 Å². The minimum atomic E-state index is -0.523. The molecule has 1 heterocycles. The fourth-order valence-electron chi connectivity index (χ4n) is 4.32. The maximum atomic E-state index is 13.2. The Bertz CT molecular complexity index is 946. The molecule has 0 fully saturated rings. The first-order valence-corrected chi connectivity index (χ1v) is 13.8. The van der Waals surface area contributed by atoms with Crippen molar-refractivity contribution in [3.05, 3.63) is 40.4 Å². The van der Waals surface area contributed by atoms with Crippen LogP contribution in [0.25, 0.3) is 10.9 Å². The van der Waals surface area contributed by atoms with Gasteiger partial charge in [0.1, 0.15) is 11.4 Å². The summed E-state index contributed by atoms with van der Waals surface area (Å²) in [6, 6.07) is 7.56. The second kappa shape index (κ2) is 15.6. The molecule has 0 unspecified atom stereocenters. The molecule has 6 heteroatoms. The standard InChI is InChI=1S/C29H47N3O3/c1-5-6-7-8-9-10-11-12-13-14-15-21-26-31-25-20-17-16-19-24(25)27(33)32(26)23-18-22-30-28(34)35-29(2,3)4/h16-17,19-20H,5-15,18,21-23H2,1-4H3,(H,30,34). The van der Waals surface area contributed by atoms with E-state index < -0.39 is 11.7 Å². The third-order valence-corrected chi connectivity index (χ3v) is 6.17. The van der Waals surface area contributed by atoms with Gasteiger partial charge in [0.25, 0.3) is 5.56 Å². The molecule has 0 radical (unpaired) electrons. The third-order valence-electron chi connectivity index (χ3n) is 6.17. The molecule has 1 aromatic carbocycles. The van der Waals surface area contributed by atoms with Crippen LogP contribution in [-0.2, 0) is 17.7 Å². The van der Waals surface area contributed by atoms with Crippen molar-refractivity contribution in [2.45, 2.75) is 123 Å². The van der Waals surface area contributed by atoms with Crippen LogP contribution >= 0.6 is 0 Å². The number of amides is 1. The van der Waals surface area contributed by atoms with Gasteiger partial charge < -0.3 is 10.1 Å². The number of ether oxygens (including phenoxy) is 1. The summed E-state index contributed by atoms with van der Waals surface area (Å²) in [5.41, 5.74) is 0.245. The van der Waals surface area contributed by atoms with Crippen LogP contribution in [-0.4, -0.2) is 27.8 Å². The highest BCUT2D eigenvalue weighted by Crippen LogP contribution is 2.14. The van der Waals surface area contributed by atoms with Gasteiger partial charge in [-0.3, -0.25) is 9.36 Å². The predicted molar refractivity (Wildman–Crippen MR) is 145 cm³/mol. The molecule has 1 N–H and O–H groups in total. The Labute approximate surface area is 211 Å². The van der Waals surface area contributed by atoms with E-state index in [4.69, 9.17) is 9.72 Å². The van der Waals surface area contributed by atoms with Crippen LogP contribution in [0.1, 0.15) is 111 Å². The van der Waals surface area contributed by atoms with Gasteiger partial charge in [0.2, 0.25) is 0 Å². The lowest BCUT2D eigenvalue weighted by atomic mass is 10.1. The third kappa shape index (κ3) is 11.3. The Morgan fingerprint density at radius 2 is 1.51 bits per heavy atom. The number of fused-ring (bicyclic) bond motifs is 1. The van der Waals surface area contributed by atoms with Crippen LogP contribution in [0.15, 0.2) is 29.1 Å². The predicted octanol–water partition coefficient (Wildman–Crippen LogP) is 7.16. The molecule has 196 valence electrons. The molecular formula is C29H47N3O3. The van der Waals surface area contributed by atoms with Crippen molar-refractivity contribution in [3.8, 4) is 0 Å². The molecule has 2 aromatic rings. The van der Waals surface area contributed by atoms with Crippen molar-refractivity contribution in [2.75, 3.05) is 6.54 Å². The van der Waals surface area contributed by atoms with Crippen molar-refractivity contribution >= 4 is 17.0 Å². The van der Waals surface area contributed by atoms with Crippen molar-refractivity contribution in [2.24, 2.45) is 0 Å². The van der Waals surface area contributed by atoms with E-state index in [9.17, 15) is 9.59 Å². The van der Waals surface area contributed by atoms with Gasteiger partial charge in [-0.1, -0.05) is 83.3 Å². The number of carbonyl (C=O) groups is 1. The van der Waals surface area contributed by atoms with Crippen LogP contribution < -0.4 is 10.9 Å². The van der Waals surface area contributed by atoms with E-state index in [1.54, 1.807) is 4.57 Å². The van der Waals surface area contributed by atoms with Gasteiger partial charge in [-0.25, -0.2) is 9.78 Å². The highest BCUT2D eigenvalue weighted by Gasteiger charge is 2.16. The summed E-state index contributed by atoms with van der Waals surface area (Å²) in [6.45, 7) is 8.76. The molecule has 0 bridgehead atoms. The minimum Gasteiger partial charge on any atom is -0.444 e. The minimum absolute atomic E-state index is 0.00550. The Kier molecular flexibility index (Phi) is 12.9. The van der Waals surface area contributed by atoms with E-state index in [-0.39, 0.29) is 5.56 Å². The topological polar surface area (TPSA) is 73.2 Å². The SMILES string of the molecule is CCCCCCCCCCCCCc1nc2ccccc2c(=O)n1CCCNC(=O)OC(C)(C)C. The number of nitrogens with zero attached hydrogens (tertiary/aromatic N) is 2. The van der Waals surface area contributed by atoms with E-state index in [0.717, 1.165) is 24.2 Å². The summed E-state index contributed by atoms with van der Waals surface area (Å²) in [5, 5.41) is 3.43. The molecule has 6 nitrogen and oxygen atoms in total. The van der Waals surface area contributed by atoms with Gasteiger partial charge in [-0.2, -0.15) is 0 Å². The van der Waals surface area contributed by atoms with E-state index >= 15 is 0 Å². The fraction of sp³-hybridized carbons (Fsp3) is 0.690. The quantitative estimate of drug-likeness (QED) is 0.256. The first kappa shape index (κ1) is 28.9. The average molecular weight is 486 g/mol. The van der Waals surface area contributed by atoms with Gasteiger partial charge in [0.15, 0.2) is 0 Å². The number of aryl methyl sites for hydroxylation is 1. The first-order valence-electron chi connectivity index (χ1n) is 13.8. The van der Waals surface area contributed by atoms with E-state index in [2.05, 4.69) is 12.2 Å². The van der Waals surface area contributed by atoms with Gasteiger partial charge >= 0.3 is 6.09 Å². The van der Waals surface area contributed by atoms with E-state index in [1.807, 2.05) is 45.0 Å². The highest BCUT2D eigenvalue weighted by molar-refractivity contribution is 5.77. The van der Waals surface area contributed by atoms with Crippen LogP contribution in [0.3, 0.4) is 0 Å². The zero-order valence-corrected chi connectivity index (χ0v) is 22.5. The number of hydrogen-bond donors (Lipinski definition) is 1. The summed E-state index contributed by atoms with van der Waals surface area (Å²) >= 11 is 0. The summed E-state index contributed by atoms with van der Waals surface area (Å²) in [7, 11) is 0. The van der Waals surface area contributed by atoms with Crippen molar-refractivity contribution in [1.29, 1.82) is 0 Å². The maximum Gasteiger partial charge on any atom is 0.407 e.